The average Bonchev–Trinajstić information content (AvgIpc) is 2.14. The molecule has 0 saturated heterocycles. The Balaban J connectivity index is 2.45. The molecule has 0 saturated carbocycles. The Morgan fingerprint density at radius 3 is 2.92 bits per heavy atom. The van der Waals surface area contributed by atoms with Crippen LogP contribution in [0.4, 0.5) is 4.39 Å². The van der Waals surface area contributed by atoms with Crippen LogP contribution in [0.15, 0.2) is 24.3 Å². The van der Waals surface area contributed by atoms with Crippen LogP contribution in [0.25, 0.3) is 0 Å². The van der Waals surface area contributed by atoms with Crippen molar-refractivity contribution in [3.8, 4) is 0 Å². The van der Waals surface area contributed by atoms with Crippen molar-refractivity contribution in [2.75, 3.05) is 6.61 Å². The number of rotatable bonds is 4. The van der Waals surface area contributed by atoms with Crippen LogP contribution in [0.3, 0.4) is 0 Å². The molecule has 72 valence electrons. The van der Waals surface area contributed by atoms with E-state index in [0.29, 0.717) is 6.54 Å². The fraction of sp³-hybridized carbons (Fsp3) is 0.400. The van der Waals surface area contributed by atoms with Crippen molar-refractivity contribution in [3.63, 3.8) is 0 Å². The van der Waals surface area contributed by atoms with Crippen molar-refractivity contribution in [1.82, 2.24) is 5.32 Å². The molecule has 0 fully saturated rings. The molecule has 0 bridgehead atoms. The van der Waals surface area contributed by atoms with E-state index in [2.05, 4.69) is 5.32 Å². The molecule has 0 radical (unpaired) electrons. The summed E-state index contributed by atoms with van der Waals surface area (Å²) in [5.74, 6) is -0.226. The summed E-state index contributed by atoms with van der Waals surface area (Å²) in [6.07, 6.45) is 0. The average molecular weight is 183 g/mol. The maximum Gasteiger partial charge on any atom is 0.123 e. The molecule has 0 aliphatic carbocycles. The molecule has 1 atom stereocenters. The molecule has 1 rings (SSSR count). The maximum atomic E-state index is 12.7. The molecule has 0 heterocycles. The van der Waals surface area contributed by atoms with Gasteiger partial charge in [-0.1, -0.05) is 12.1 Å². The minimum atomic E-state index is -0.226. The number of benzene rings is 1. The number of hydrogen-bond donors (Lipinski definition) is 2. The first-order chi connectivity index (χ1) is 6.22. The Morgan fingerprint density at radius 1 is 1.54 bits per heavy atom. The lowest BCUT2D eigenvalue weighted by molar-refractivity contribution is 0.251. The number of hydrogen-bond acceptors (Lipinski definition) is 2. The Morgan fingerprint density at radius 2 is 2.31 bits per heavy atom. The van der Waals surface area contributed by atoms with Crippen LogP contribution in [-0.2, 0) is 6.54 Å². The van der Waals surface area contributed by atoms with Crippen LogP contribution in [-0.4, -0.2) is 17.8 Å². The number of aliphatic hydroxyl groups is 1. The lowest BCUT2D eigenvalue weighted by Crippen LogP contribution is -2.28. The first-order valence-electron chi connectivity index (χ1n) is 4.31. The molecule has 0 aliphatic heterocycles. The third kappa shape index (κ3) is 3.53. The van der Waals surface area contributed by atoms with E-state index in [1.165, 1.54) is 12.1 Å². The first kappa shape index (κ1) is 10.2. The summed E-state index contributed by atoms with van der Waals surface area (Å²) in [4.78, 5) is 0. The molecular formula is C10H14FNO. The summed E-state index contributed by atoms with van der Waals surface area (Å²) in [6.45, 7) is 2.55. The zero-order chi connectivity index (χ0) is 9.68. The third-order valence-corrected chi connectivity index (χ3v) is 1.82. The van der Waals surface area contributed by atoms with Gasteiger partial charge in [-0.2, -0.15) is 0 Å². The van der Waals surface area contributed by atoms with Gasteiger partial charge in [-0.3, -0.25) is 0 Å². The minimum Gasteiger partial charge on any atom is -0.395 e. The van der Waals surface area contributed by atoms with Gasteiger partial charge >= 0.3 is 0 Å². The van der Waals surface area contributed by atoms with Gasteiger partial charge in [0.2, 0.25) is 0 Å². The predicted octanol–water partition coefficient (Wildman–Crippen LogP) is 1.30. The molecule has 2 nitrogen and oxygen atoms in total. The van der Waals surface area contributed by atoms with Gasteiger partial charge in [0.25, 0.3) is 0 Å². The minimum absolute atomic E-state index is 0.0447. The Hall–Kier alpha value is -0.930. The highest BCUT2D eigenvalue weighted by atomic mass is 19.1. The van der Waals surface area contributed by atoms with Gasteiger partial charge in [0.05, 0.1) is 6.61 Å². The van der Waals surface area contributed by atoms with E-state index in [0.717, 1.165) is 5.56 Å². The van der Waals surface area contributed by atoms with Crippen LogP contribution < -0.4 is 5.32 Å². The van der Waals surface area contributed by atoms with Crippen molar-refractivity contribution in [2.24, 2.45) is 0 Å². The van der Waals surface area contributed by atoms with E-state index in [4.69, 9.17) is 5.11 Å². The molecular weight excluding hydrogens is 169 g/mol. The number of aliphatic hydroxyl groups excluding tert-OH is 1. The highest BCUT2D eigenvalue weighted by Gasteiger charge is 1.99. The maximum absolute atomic E-state index is 12.7. The molecule has 1 aromatic carbocycles. The molecule has 0 amide bonds. The van der Waals surface area contributed by atoms with E-state index in [9.17, 15) is 4.39 Å². The number of halogens is 1. The molecule has 0 unspecified atom stereocenters. The van der Waals surface area contributed by atoms with Crippen molar-refractivity contribution in [1.29, 1.82) is 0 Å². The molecule has 0 aliphatic rings. The molecule has 0 aromatic heterocycles. The normalized spacial score (nSPS) is 12.8. The summed E-state index contributed by atoms with van der Waals surface area (Å²) >= 11 is 0. The van der Waals surface area contributed by atoms with Gasteiger partial charge in [-0.15, -0.1) is 0 Å². The monoisotopic (exact) mass is 183 g/mol. The van der Waals surface area contributed by atoms with Gasteiger partial charge in [0.1, 0.15) is 5.82 Å². The second kappa shape index (κ2) is 4.94. The molecule has 3 heteroatoms. The van der Waals surface area contributed by atoms with E-state index in [1.807, 2.05) is 13.0 Å². The summed E-state index contributed by atoms with van der Waals surface area (Å²) in [7, 11) is 0. The quantitative estimate of drug-likeness (QED) is 0.737. The van der Waals surface area contributed by atoms with Crippen molar-refractivity contribution in [2.45, 2.75) is 19.5 Å². The van der Waals surface area contributed by atoms with Gasteiger partial charge in [-0.25, -0.2) is 4.39 Å². The smallest absolute Gasteiger partial charge is 0.123 e. The summed E-state index contributed by atoms with van der Waals surface area (Å²) in [6, 6.07) is 6.47. The van der Waals surface area contributed by atoms with Crippen molar-refractivity contribution >= 4 is 0 Å². The van der Waals surface area contributed by atoms with Gasteiger partial charge in [0.15, 0.2) is 0 Å². The number of nitrogens with one attached hydrogen (secondary N) is 1. The van der Waals surface area contributed by atoms with E-state index in [-0.39, 0.29) is 18.5 Å². The Kier molecular flexibility index (Phi) is 3.86. The van der Waals surface area contributed by atoms with Crippen LogP contribution in [0, 0.1) is 5.82 Å². The first-order valence-corrected chi connectivity index (χ1v) is 4.31. The molecule has 13 heavy (non-hydrogen) atoms. The topological polar surface area (TPSA) is 32.3 Å². The fourth-order valence-electron chi connectivity index (χ4n) is 1.00. The fourth-order valence-corrected chi connectivity index (χ4v) is 1.00. The zero-order valence-corrected chi connectivity index (χ0v) is 7.63. The third-order valence-electron chi connectivity index (χ3n) is 1.82. The lowest BCUT2D eigenvalue weighted by atomic mass is 10.2. The highest BCUT2D eigenvalue weighted by molar-refractivity contribution is 5.15. The SMILES string of the molecule is C[C@@H](CO)NCc1cccc(F)c1. The Labute approximate surface area is 77.4 Å². The molecule has 1 aromatic rings. The van der Waals surface area contributed by atoms with Crippen molar-refractivity contribution < 1.29 is 9.50 Å². The lowest BCUT2D eigenvalue weighted by Gasteiger charge is -2.10. The second-order valence-electron chi connectivity index (χ2n) is 3.09. The summed E-state index contributed by atoms with van der Waals surface area (Å²) in [5, 5.41) is 11.8. The largest absolute Gasteiger partial charge is 0.395 e. The van der Waals surface area contributed by atoms with Crippen LogP contribution in [0.1, 0.15) is 12.5 Å². The van der Waals surface area contributed by atoms with Crippen molar-refractivity contribution in [3.05, 3.63) is 35.6 Å². The second-order valence-corrected chi connectivity index (χ2v) is 3.09. The summed E-state index contributed by atoms with van der Waals surface area (Å²) < 4.78 is 12.7. The van der Waals surface area contributed by atoms with E-state index < -0.39 is 0 Å². The summed E-state index contributed by atoms with van der Waals surface area (Å²) in [5.41, 5.74) is 0.889. The standard InChI is InChI=1S/C10H14FNO/c1-8(7-13)12-6-9-3-2-4-10(11)5-9/h2-5,8,12-13H,6-7H2,1H3/t8-/m0/s1. The van der Waals surface area contributed by atoms with Gasteiger partial charge in [-0.05, 0) is 24.6 Å². The van der Waals surface area contributed by atoms with E-state index in [1.54, 1.807) is 6.07 Å². The highest BCUT2D eigenvalue weighted by Crippen LogP contribution is 2.02. The van der Waals surface area contributed by atoms with Crippen LogP contribution in [0.5, 0.6) is 0 Å². The molecule has 0 spiro atoms. The molecule has 2 N–H and O–H groups in total. The van der Waals surface area contributed by atoms with E-state index >= 15 is 0 Å². The van der Waals surface area contributed by atoms with Gasteiger partial charge < -0.3 is 10.4 Å². The zero-order valence-electron chi connectivity index (χ0n) is 7.63. The van der Waals surface area contributed by atoms with Crippen LogP contribution >= 0.6 is 0 Å². The predicted molar refractivity (Wildman–Crippen MR) is 49.8 cm³/mol. The van der Waals surface area contributed by atoms with Gasteiger partial charge in [0, 0.05) is 12.6 Å². The van der Waals surface area contributed by atoms with Crippen LogP contribution in [0.2, 0.25) is 0 Å². The Bertz CT molecular complexity index is 265.